The van der Waals surface area contributed by atoms with Gasteiger partial charge < -0.3 is 15.7 Å². The predicted molar refractivity (Wildman–Crippen MR) is 74.2 cm³/mol. The maximum atomic E-state index is 11.6. The van der Waals surface area contributed by atoms with Crippen molar-refractivity contribution >= 4 is 23.5 Å². The van der Waals surface area contributed by atoms with Gasteiger partial charge in [0.15, 0.2) is 0 Å². The lowest BCUT2D eigenvalue weighted by molar-refractivity contribution is -0.150. The Kier molecular flexibility index (Phi) is 6.81. The number of nitrogens with one attached hydrogen (secondary N) is 2. The fourth-order valence-electron chi connectivity index (χ4n) is 1.61. The number of hydrogen-bond acceptors (Lipinski definition) is 3. The Morgan fingerprint density at radius 3 is 2.35 bits per heavy atom. The van der Waals surface area contributed by atoms with Crippen LogP contribution in [0.4, 0.5) is 5.69 Å². The van der Waals surface area contributed by atoms with Crippen LogP contribution in [0.5, 0.6) is 0 Å². The van der Waals surface area contributed by atoms with Gasteiger partial charge in [0.2, 0.25) is 5.91 Å². The number of aliphatic carboxylic acids is 1. The molecule has 0 saturated carbocycles. The van der Waals surface area contributed by atoms with Crippen LogP contribution in [0.25, 0.3) is 0 Å². The molecule has 0 unspecified atom stereocenters. The van der Waals surface area contributed by atoms with E-state index in [4.69, 9.17) is 5.11 Å². The largest absolute Gasteiger partial charge is 0.474 e. The molecule has 0 bridgehead atoms. The highest BCUT2D eigenvalue weighted by Gasteiger charge is 2.08. The van der Waals surface area contributed by atoms with Crippen LogP contribution in [0.1, 0.15) is 25.7 Å². The van der Waals surface area contributed by atoms with Crippen LogP contribution in [0.3, 0.4) is 0 Å². The van der Waals surface area contributed by atoms with Gasteiger partial charge in [0.1, 0.15) is 0 Å². The molecule has 0 aromatic heterocycles. The van der Waals surface area contributed by atoms with Crippen LogP contribution in [0.2, 0.25) is 0 Å². The molecular weight excluding hydrogens is 260 g/mol. The molecule has 0 aliphatic heterocycles. The van der Waals surface area contributed by atoms with Crippen LogP contribution < -0.4 is 10.6 Å². The van der Waals surface area contributed by atoms with Crippen molar-refractivity contribution in [1.82, 2.24) is 5.32 Å². The summed E-state index contributed by atoms with van der Waals surface area (Å²) in [5.74, 6) is -2.52. The van der Waals surface area contributed by atoms with Crippen molar-refractivity contribution < 1.29 is 19.5 Å². The summed E-state index contributed by atoms with van der Waals surface area (Å²) in [5.41, 5.74) is 0.770. The van der Waals surface area contributed by atoms with E-state index in [2.05, 4.69) is 10.6 Å². The van der Waals surface area contributed by atoms with E-state index in [1.54, 1.807) is 0 Å². The smallest absolute Gasteiger partial charge is 0.394 e. The highest BCUT2D eigenvalue weighted by molar-refractivity contribution is 6.31. The maximum absolute atomic E-state index is 11.6. The summed E-state index contributed by atoms with van der Waals surface area (Å²) in [5, 5.41) is 13.4. The van der Waals surface area contributed by atoms with Crippen LogP contribution in [-0.4, -0.2) is 29.4 Å². The minimum Gasteiger partial charge on any atom is -0.474 e. The normalized spacial score (nSPS) is 9.80. The van der Waals surface area contributed by atoms with E-state index >= 15 is 0 Å². The molecule has 0 fully saturated rings. The molecule has 0 aliphatic carbocycles. The number of hydrogen-bond donors (Lipinski definition) is 3. The zero-order chi connectivity index (χ0) is 14.8. The van der Waals surface area contributed by atoms with Crippen molar-refractivity contribution in [3.05, 3.63) is 30.3 Å². The predicted octanol–water partition coefficient (Wildman–Crippen LogP) is 1.39. The summed E-state index contributed by atoms with van der Waals surface area (Å²) in [4.78, 5) is 32.5. The molecule has 6 heteroatoms. The number of carboxylic acids is 1. The maximum Gasteiger partial charge on any atom is 0.394 e. The molecule has 1 rings (SSSR count). The zero-order valence-electron chi connectivity index (χ0n) is 11.1. The number of carboxylic acid groups (broad SMARTS) is 1. The van der Waals surface area contributed by atoms with Crippen molar-refractivity contribution in [2.24, 2.45) is 0 Å². The number of unbranched alkanes of at least 4 members (excludes halogenated alkanes) is 2. The molecule has 3 N–H and O–H groups in total. The van der Waals surface area contributed by atoms with Gasteiger partial charge in [-0.2, -0.15) is 0 Å². The molecule has 1 aromatic rings. The molecule has 0 aliphatic rings. The van der Waals surface area contributed by atoms with Gasteiger partial charge in [-0.15, -0.1) is 0 Å². The molecule has 0 radical (unpaired) electrons. The highest BCUT2D eigenvalue weighted by Crippen LogP contribution is 2.07. The molecule has 2 amide bonds. The Bertz CT molecular complexity index is 460. The summed E-state index contributed by atoms with van der Waals surface area (Å²) < 4.78 is 0. The average molecular weight is 278 g/mol. The van der Waals surface area contributed by atoms with E-state index in [9.17, 15) is 14.4 Å². The van der Waals surface area contributed by atoms with E-state index in [0.29, 0.717) is 25.8 Å². The molecule has 0 saturated heterocycles. The van der Waals surface area contributed by atoms with Gasteiger partial charge in [-0.1, -0.05) is 24.6 Å². The van der Waals surface area contributed by atoms with Gasteiger partial charge >= 0.3 is 11.9 Å². The second kappa shape index (κ2) is 8.68. The Labute approximate surface area is 117 Å². The van der Waals surface area contributed by atoms with Crippen molar-refractivity contribution in [1.29, 1.82) is 0 Å². The van der Waals surface area contributed by atoms with Crippen LogP contribution in [0, 0.1) is 0 Å². The first-order valence-corrected chi connectivity index (χ1v) is 6.45. The summed E-state index contributed by atoms with van der Waals surface area (Å²) in [6.45, 7) is 0.311. The number of rotatable bonds is 7. The standard InChI is InChI=1S/C14H18N2O4/c17-12(16-11-7-3-1-4-8-11)9-5-2-6-10-15-13(18)14(19)20/h1,3-4,7-8H,2,5-6,9-10H2,(H,15,18)(H,16,17)(H,19,20). The van der Waals surface area contributed by atoms with E-state index < -0.39 is 11.9 Å². The third-order valence-corrected chi connectivity index (χ3v) is 2.62. The van der Waals surface area contributed by atoms with Crippen molar-refractivity contribution in [2.75, 3.05) is 11.9 Å². The number of amides is 2. The fraction of sp³-hybridized carbons (Fsp3) is 0.357. The Balaban J connectivity index is 2.05. The first kappa shape index (κ1) is 15.7. The highest BCUT2D eigenvalue weighted by atomic mass is 16.4. The second-order valence-electron chi connectivity index (χ2n) is 4.29. The number of para-hydroxylation sites is 1. The topological polar surface area (TPSA) is 95.5 Å². The average Bonchev–Trinajstić information content (AvgIpc) is 2.43. The zero-order valence-corrected chi connectivity index (χ0v) is 11.1. The Morgan fingerprint density at radius 2 is 1.70 bits per heavy atom. The number of carbonyl (C=O) groups excluding carboxylic acids is 2. The fourth-order valence-corrected chi connectivity index (χ4v) is 1.61. The molecule has 0 spiro atoms. The number of benzene rings is 1. The van der Waals surface area contributed by atoms with Crippen LogP contribution in [-0.2, 0) is 14.4 Å². The lowest BCUT2D eigenvalue weighted by atomic mass is 10.2. The first-order valence-electron chi connectivity index (χ1n) is 6.45. The Morgan fingerprint density at radius 1 is 1.00 bits per heavy atom. The number of carbonyl (C=O) groups is 3. The van der Waals surface area contributed by atoms with Gasteiger partial charge in [-0.05, 0) is 25.0 Å². The van der Waals surface area contributed by atoms with Crippen LogP contribution >= 0.6 is 0 Å². The van der Waals surface area contributed by atoms with E-state index in [1.807, 2.05) is 30.3 Å². The third-order valence-electron chi connectivity index (χ3n) is 2.62. The summed E-state index contributed by atoms with van der Waals surface area (Å²) >= 11 is 0. The van der Waals surface area contributed by atoms with Gasteiger partial charge in [0.05, 0.1) is 0 Å². The minimum atomic E-state index is -1.48. The van der Waals surface area contributed by atoms with Gasteiger partial charge in [-0.25, -0.2) is 4.79 Å². The minimum absolute atomic E-state index is 0.0502. The lowest BCUT2D eigenvalue weighted by Crippen LogP contribution is -2.31. The molecule has 20 heavy (non-hydrogen) atoms. The lowest BCUT2D eigenvalue weighted by Gasteiger charge is -2.05. The van der Waals surface area contributed by atoms with Gasteiger partial charge in [0.25, 0.3) is 0 Å². The van der Waals surface area contributed by atoms with Crippen molar-refractivity contribution in [2.45, 2.75) is 25.7 Å². The first-order chi connectivity index (χ1) is 9.59. The molecule has 0 heterocycles. The molecule has 1 aromatic carbocycles. The van der Waals surface area contributed by atoms with Crippen molar-refractivity contribution in [3.63, 3.8) is 0 Å². The van der Waals surface area contributed by atoms with E-state index in [1.165, 1.54) is 0 Å². The van der Waals surface area contributed by atoms with Gasteiger partial charge in [0, 0.05) is 18.7 Å². The quantitative estimate of drug-likeness (QED) is 0.518. The summed E-state index contributed by atoms with van der Waals surface area (Å²) in [6, 6.07) is 9.21. The van der Waals surface area contributed by atoms with Crippen molar-refractivity contribution in [3.8, 4) is 0 Å². The van der Waals surface area contributed by atoms with Gasteiger partial charge in [-0.3, -0.25) is 9.59 Å². The monoisotopic (exact) mass is 278 g/mol. The molecule has 6 nitrogen and oxygen atoms in total. The summed E-state index contributed by atoms with van der Waals surface area (Å²) in [7, 11) is 0. The summed E-state index contributed by atoms with van der Waals surface area (Å²) in [6.07, 6.45) is 2.50. The van der Waals surface area contributed by atoms with E-state index in [-0.39, 0.29) is 5.91 Å². The second-order valence-corrected chi connectivity index (χ2v) is 4.29. The molecule has 0 atom stereocenters. The number of anilines is 1. The third kappa shape index (κ3) is 6.53. The SMILES string of the molecule is O=C(CCCCCNC(=O)C(=O)O)Nc1ccccc1. The molecular formula is C14H18N2O4. The van der Waals surface area contributed by atoms with E-state index in [0.717, 1.165) is 12.1 Å². The Hall–Kier alpha value is -2.37. The van der Waals surface area contributed by atoms with Crippen LogP contribution in [0.15, 0.2) is 30.3 Å². The molecule has 108 valence electrons.